The number of hydrogen-bond donors (Lipinski definition) is 0. The second-order valence-electron chi connectivity index (χ2n) is 6.38. The van der Waals surface area contributed by atoms with Gasteiger partial charge < -0.3 is 4.74 Å². The Morgan fingerprint density at radius 1 is 0.963 bits per heavy atom. The fraction of sp³-hybridized carbons (Fsp3) is 0.500. The Morgan fingerprint density at radius 2 is 1.52 bits per heavy atom. The third-order valence-corrected chi connectivity index (χ3v) is 8.42. The first-order valence-corrected chi connectivity index (χ1v) is 12.8. The third kappa shape index (κ3) is 7.31. The quantitative estimate of drug-likeness (QED) is 0.178. The predicted molar refractivity (Wildman–Crippen MR) is 125 cm³/mol. The Labute approximate surface area is 185 Å². The van der Waals surface area contributed by atoms with E-state index in [-0.39, 0.29) is 0 Å². The van der Waals surface area contributed by atoms with Crippen LogP contribution in [0.15, 0.2) is 42.7 Å². The van der Waals surface area contributed by atoms with Crippen LogP contribution in [0.4, 0.5) is 0 Å². The highest BCUT2D eigenvalue weighted by Gasteiger charge is 2.34. The number of ether oxygens (including phenoxy) is 1. The van der Waals surface area contributed by atoms with Crippen molar-refractivity contribution in [1.82, 2.24) is 0 Å². The van der Waals surface area contributed by atoms with Crippen LogP contribution in [-0.4, -0.2) is 36.8 Å². The Morgan fingerprint density at radius 3 is 2.04 bits per heavy atom. The first-order chi connectivity index (χ1) is 13.1. The first kappa shape index (κ1) is 22.6. The zero-order valence-corrected chi connectivity index (χ0v) is 19.8. The molecule has 1 aromatic rings. The lowest BCUT2D eigenvalue weighted by Gasteiger charge is -2.29. The summed E-state index contributed by atoms with van der Waals surface area (Å²) in [7, 11) is -2.80. The predicted octanol–water partition coefficient (Wildman–Crippen LogP) is 6.13. The highest BCUT2D eigenvalue weighted by atomic mass is 79.9. The lowest BCUT2D eigenvalue weighted by molar-refractivity contribution is 0.0250. The van der Waals surface area contributed by atoms with E-state index in [1.165, 1.54) is 5.56 Å². The van der Waals surface area contributed by atoms with E-state index in [0.717, 1.165) is 36.6 Å². The van der Waals surface area contributed by atoms with Crippen molar-refractivity contribution in [1.29, 1.82) is 0 Å². The molecule has 142 valence electrons. The van der Waals surface area contributed by atoms with Crippen molar-refractivity contribution in [3.8, 4) is 0 Å². The third-order valence-electron chi connectivity index (χ3n) is 4.70. The summed E-state index contributed by atoms with van der Waals surface area (Å²) in [5, 5.41) is 7.08. The van der Waals surface area contributed by atoms with E-state index < -0.39 is 8.56 Å². The molecule has 0 unspecified atom stereocenters. The molecular formula is C18H20BrN3OS3Si. The number of nitrogens with zero attached hydrogens (tertiary/aromatic N) is 3. The van der Waals surface area contributed by atoms with E-state index in [9.17, 15) is 0 Å². The van der Waals surface area contributed by atoms with Gasteiger partial charge in [0.1, 0.15) is 0 Å². The van der Waals surface area contributed by atoms with Crippen LogP contribution in [0.1, 0.15) is 43.6 Å². The number of isothiocyanates is 3. The Hall–Kier alpha value is -0.723. The molecular weight excluding hydrogens is 478 g/mol. The largest absolute Gasteiger partial charge is 0.461 e. The average molecular weight is 499 g/mol. The maximum absolute atomic E-state index is 6.07. The van der Waals surface area contributed by atoms with Crippen molar-refractivity contribution in [3.05, 3.63) is 34.3 Å². The Bertz CT molecular complexity index is 719. The molecule has 0 atom stereocenters. The van der Waals surface area contributed by atoms with Gasteiger partial charge in [-0.2, -0.15) is 0 Å². The van der Waals surface area contributed by atoms with Crippen molar-refractivity contribution in [3.63, 3.8) is 0 Å². The van der Waals surface area contributed by atoms with Gasteiger partial charge in [-0.25, -0.2) is 14.0 Å². The van der Waals surface area contributed by atoms with Crippen LogP contribution < -0.4 is 0 Å². The molecule has 2 rings (SSSR count). The minimum atomic E-state index is -2.80. The molecule has 1 aliphatic rings. The van der Waals surface area contributed by atoms with Gasteiger partial charge in [0, 0.05) is 17.1 Å². The highest BCUT2D eigenvalue weighted by Crippen LogP contribution is 2.34. The molecule has 0 bridgehead atoms. The topological polar surface area (TPSA) is 46.3 Å². The molecule has 0 amide bonds. The lowest BCUT2D eigenvalue weighted by atomic mass is 9.83. The van der Waals surface area contributed by atoms with Gasteiger partial charge in [-0.3, -0.25) is 0 Å². The molecule has 27 heavy (non-hydrogen) atoms. The summed E-state index contributed by atoms with van der Waals surface area (Å²) in [5.41, 5.74) is 1.42. The summed E-state index contributed by atoms with van der Waals surface area (Å²) in [4.78, 5) is 0. The monoisotopic (exact) mass is 497 g/mol. The number of rotatable bonds is 9. The maximum Gasteiger partial charge on any atom is 0.461 e. The molecule has 0 N–H and O–H groups in total. The average Bonchev–Trinajstić information content (AvgIpc) is 2.67. The molecule has 1 aliphatic carbocycles. The minimum Gasteiger partial charge on any atom is -0.378 e. The fourth-order valence-corrected chi connectivity index (χ4v) is 6.44. The second-order valence-corrected chi connectivity index (χ2v) is 10.6. The van der Waals surface area contributed by atoms with Gasteiger partial charge in [0.2, 0.25) is 0 Å². The van der Waals surface area contributed by atoms with Crippen LogP contribution in [0.3, 0.4) is 0 Å². The van der Waals surface area contributed by atoms with Crippen molar-refractivity contribution < 1.29 is 4.74 Å². The Balaban J connectivity index is 1.78. The zero-order valence-electron chi connectivity index (χ0n) is 14.8. The van der Waals surface area contributed by atoms with E-state index in [4.69, 9.17) is 41.4 Å². The maximum atomic E-state index is 6.07. The van der Waals surface area contributed by atoms with Crippen molar-refractivity contribution in [2.75, 3.05) is 6.61 Å². The van der Waals surface area contributed by atoms with E-state index in [2.05, 4.69) is 69.7 Å². The molecule has 1 saturated carbocycles. The van der Waals surface area contributed by atoms with Crippen LogP contribution in [-0.2, 0) is 4.74 Å². The summed E-state index contributed by atoms with van der Waals surface area (Å²) >= 11 is 17.6. The molecule has 1 aromatic carbocycles. The van der Waals surface area contributed by atoms with Gasteiger partial charge in [0.05, 0.1) is 21.6 Å². The van der Waals surface area contributed by atoms with Gasteiger partial charge in [-0.15, -0.1) is 0 Å². The smallest absolute Gasteiger partial charge is 0.378 e. The van der Waals surface area contributed by atoms with E-state index >= 15 is 0 Å². The molecule has 4 nitrogen and oxygen atoms in total. The van der Waals surface area contributed by atoms with E-state index in [1.807, 2.05) is 0 Å². The van der Waals surface area contributed by atoms with Crippen molar-refractivity contribution in [2.45, 2.75) is 50.2 Å². The van der Waals surface area contributed by atoms with Crippen LogP contribution in [0.2, 0.25) is 6.04 Å². The molecule has 9 heteroatoms. The molecule has 0 radical (unpaired) electrons. The lowest BCUT2D eigenvalue weighted by Crippen LogP contribution is -2.28. The van der Waals surface area contributed by atoms with Crippen molar-refractivity contribution >= 4 is 76.6 Å². The summed E-state index contributed by atoms with van der Waals surface area (Å²) in [6.45, 7) is 0.634. The van der Waals surface area contributed by atoms with Gasteiger partial charge in [0.15, 0.2) is 0 Å². The van der Waals surface area contributed by atoms with Crippen LogP contribution >= 0.6 is 52.6 Å². The molecule has 0 heterocycles. The molecule has 0 aliphatic heterocycles. The summed E-state index contributed by atoms with van der Waals surface area (Å²) in [6.07, 6.45) is 5.55. The summed E-state index contributed by atoms with van der Waals surface area (Å²) in [6, 6.07) is 9.26. The fourth-order valence-electron chi connectivity index (χ4n) is 3.32. The standard InChI is InChI=1S/C18H20BrN3OS3Si/c19-17-6-2-15(3-7-17)16-4-8-18(9-5-16)23-10-1-11-27(20-12-24,21-13-25)22-14-26/h2-3,6-7,16,18H,1,4-5,8-11H2/t16-,18-. The highest BCUT2D eigenvalue weighted by molar-refractivity contribution is 9.10. The van der Waals surface area contributed by atoms with Gasteiger partial charge in [-0.1, -0.05) is 28.1 Å². The number of halogens is 1. The summed E-state index contributed by atoms with van der Waals surface area (Å²) < 4.78 is 19.6. The van der Waals surface area contributed by atoms with Crippen molar-refractivity contribution in [2.24, 2.45) is 14.0 Å². The van der Waals surface area contributed by atoms with Crippen LogP contribution in [0.5, 0.6) is 0 Å². The Kier molecular flexibility index (Phi) is 10.0. The molecule has 1 fully saturated rings. The second kappa shape index (κ2) is 12.0. The SMILES string of the molecule is S=C=N[Si](CCCO[C@H]1CC[C@H](c2ccc(Br)cc2)CC1)(N=C=S)N=C=S. The van der Waals surface area contributed by atoms with Gasteiger partial charge in [-0.05, 0) is 92.4 Å². The normalized spacial score (nSPS) is 21.1. The van der Waals surface area contributed by atoms with E-state index in [0.29, 0.717) is 24.7 Å². The minimum absolute atomic E-state index is 0.310. The molecule has 0 spiro atoms. The van der Waals surface area contributed by atoms with Gasteiger partial charge >= 0.3 is 8.56 Å². The van der Waals surface area contributed by atoms with E-state index in [1.54, 1.807) is 0 Å². The van der Waals surface area contributed by atoms with Crippen LogP contribution in [0, 0.1) is 0 Å². The number of thiocarbonyl (C=S) groups is 3. The van der Waals surface area contributed by atoms with Gasteiger partial charge in [0.25, 0.3) is 0 Å². The molecule has 0 saturated heterocycles. The van der Waals surface area contributed by atoms with Crippen LogP contribution in [0.25, 0.3) is 0 Å². The molecule has 0 aromatic heterocycles. The zero-order chi connectivity index (χ0) is 19.5. The first-order valence-electron chi connectivity index (χ1n) is 8.76. The number of benzene rings is 1. The number of hydrogen-bond acceptors (Lipinski definition) is 7. The summed E-state index contributed by atoms with van der Waals surface area (Å²) in [5.74, 6) is 0.629.